The summed E-state index contributed by atoms with van der Waals surface area (Å²) in [6, 6.07) is 14.7. The second-order valence-electron chi connectivity index (χ2n) is 7.47. The van der Waals surface area contributed by atoms with Crippen molar-refractivity contribution in [1.29, 1.82) is 0 Å². The number of hydrogen-bond donors (Lipinski definition) is 0. The largest absolute Gasteiger partial charge is 0.491 e. The number of ether oxygens (including phenoxy) is 2. The third-order valence-corrected chi connectivity index (χ3v) is 6.47. The summed E-state index contributed by atoms with van der Waals surface area (Å²) in [6.07, 6.45) is 2.24. The van der Waals surface area contributed by atoms with Gasteiger partial charge < -0.3 is 23.7 Å². The van der Waals surface area contributed by atoms with Crippen LogP contribution in [0.15, 0.2) is 64.6 Å². The van der Waals surface area contributed by atoms with E-state index < -0.39 is 0 Å². The third-order valence-electron chi connectivity index (χ3n) is 5.48. The summed E-state index contributed by atoms with van der Waals surface area (Å²) in [6.45, 7) is 1.51. The van der Waals surface area contributed by atoms with E-state index in [1.165, 1.54) is 16.0 Å². The zero-order valence-electron chi connectivity index (χ0n) is 17.9. The number of methoxy groups -OCH3 is 1. The molecule has 168 valence electrons. The number of rotatable bonds is 9. The maximum Gasteiger partial charge on any atom is 0.290 e. The predicted octanol–water partition coefficient (Wildman–Crippen LogP) is 3.63. The number of amides is 2. The average Bonchev–Trinajstić information content (AvgIpc) is 3.52. The van der Waals surface area contributed by atoms with Gasteiger partial charge in [0.2, 0.25) is 5.91 Å². The second kappa shape index (κ2) is 10.5. The summed E-state index contributed by atoms with van der Waals surface area (Å²) in [5.74, 6) is 0.513. The molecule has 0 saturated heterocycles. The van der Waals surface area contributed by atoms with Gasteiger partial charge in [0, 0.05) is 25.1 Å². The molecule has 1 atom stereocenters. The van der Waals surface area contributed by atoms with Crippen LogP contribution in [0.1, 0.15) is 27.0 Å². The molecule has 0 N–H and O–H groups in total. The lowest BCUT2D eigenvalue weighted by atomic mass is 10.0. The summed E-state index contributed by atoms with van der Waals surface area (Å²) in [5, 5.41) is 2.06. The minimum atomic E-state index is -0.328. The number of furan rings is 1. The van der Waals surface area contributed by atoms with Gasteiger partial charge in [-0.2, -0.15) is 0 Å². The Morgan fingerprint density at radius 1 is 1.19 bits per heavy atom. The SMILES string of the molecule is COCCN(CC(=O)N1CCc2sccc2[C@@H]1COc1ccccc1)C(=O)c1ccco1. The molecule has 2 amide bonds. The highest BCUT2D eigenvalue weighted by atomic mass is 32.1. The van der Waals surface area contributed by atoms with Gasteiger partial charge in [-0.3, -0.25) is 9.59 Å². The van der Waals surface area contributed by atoms with Crippen LogP contribution in [0.25, 0.3) is 0 Å². The number of carbonyl (C=O) groups excluding carboxylic acids is 2. The van der Waals surface area contributed by atoms with Crippen molar-refractivity contribution >= 4 is 23.2 Å². The highest BCUT2D eigenvalue weighted by molar-refractivity contribution is 7.10. The second-order valence-corrected chi connectivity index (χ2v) is 8.47. The first kappa shape index (κ1) is 22.1. The third kappa shape index (κ3) is 5.03. The Labute approximate surface area is 191 Å². The fraction of sp³-hybridized carbons (Fsp3) is 0.333. The summed E-state index contributed by atoms with van der Waals surface area (Å²) in [5.41, 5.74) is 1.12. The molecule has 0 radical (unpaired) electrons. The van der Waals surface area contributed by atoms with Gasteiger partial charge in [-0.05, 0) is 47.7 Å². The van der Waals surface area contributed by atoms with Crippen LogP contribution in [0.2, 0.25) is 0 Å². The molecule has 0 fully saturated rings. The molecule has 0 bridgehead atoms. The van der Waals surface area contributed by atoms with Gasteiger partial charge in [0.15, 0.2) is 5.76 Å². The maximum atomic E-state index is 13.4. The molecule has 32 heavy (non-hydrogen) atoms. The Morgan fingerprint density at radius 2 is 2.03 bits per heavy atom. The number of carbonyl (C=O) groups is 2. The summed E-state index contributed by atoms with van der Waals surface area (Å²) >= 11 is 1.71. The van der Waals surface area contributed by atoms with Crippen molar-refractivity contribution in [3.8, 4) is 5.75 Å². The number of para-hydroxylation sites is 1. The molecule has 0 saturated carbocycles. The van der Waals surface area contributed by atoms with Gasteiger partial charge in [-0.25, -0.2) is 0 Å². The first-order chi connectivity index (χ1) is 15.7. The van der Waals surface area contributed by atoms with Crippen molar-refractivity contribution in [2.24, 2.45) is 0 Å². The van der Waals surface area contributed by atoms with Crippen LogP contribution >= 0.6 is 11.3 Å². The maximum absolute atomic E-state index is 13.4. The van der Waals surface area contributed by atoms with Crippen molar-refractivity contribution in [1.82, 2.24) is 9.80 Å². The highest BCUT2D eigenvalue weighted by Crippen LogP contribution is 2.34. The van der Waals surface area contributed by atoms with Crippen molar-refractivity contribution in [2.45, 2.75) is 12.5 Å². The van der Waals surface area contributed by atoms with Crippen LogP contribution in [0.4, 0.5) is 0 Å². The van der Waals surface area contributed by atoms with E-state index in [9.17, 15) is 9.59 Å². The minimum absolute atomic E-state index is 0.0514. The molecule has 4 rings (SSSR count). The number of nitrogens with zero attached hydrogens (tertiary/aromatic N) is 2. The molecule has 0 spiro atoms. The van der Waals surface area contributed by atoms with Crippen LogP contribution in [0, 0.1) is 0 Å². The van der Waals surface area contributed by atoms with E-state index in [-0.39, 0.29) is 30.2 Å². The first-order valence-corrected chi connectivity index (χ1v) is 11.4. The molecular formula is C24H26N2O5S. The van der Waals surface area contributed by atoms with Gasteiger partial charge in [0.05, 0.1) is 18.9 Å². The van der Waals surface area contributed by atoms with Crippen LogP contribution in [0.5, 0.6) is 5.75 Å². The fourth-order valence-electron chi connectivity index (χ4n) is 3.83. The van der Waals surface area contributed by atoms with Crippen molar-refractivity contribution < 1.29 is 23.5 Å². The van der Waals surface area contributed by atoms with Gasteiger partial charge in [-0.1, -0.05) is 18.2 Å². The normalized spacial score (nSPS) is 15.3. The number of hydrogen-bond acceptors (Lipinski definition) is 6. The molecule has 1 aromatic carbocycles. The van der Waals surface area contributed by atoms with Gasteiger partial charge >= 0.3 is 0 Å². The van der Waals surface area contributed by atoms with Crippen LogP contribution in [0.3, 0.4) is 0 Å². The van der Waals surface area contributed by atoms with Crippen LogP contribution < -0.4 is 4.74 Å². The van der Waals surface area contributed by atoms with Crippen molar-refractivity contribution in [3.63, 3.8) is 0 Å². The number of fused-ring (bicyclic) bond motifs is 1. The topological polar surface area (TPSA) is 72.2 Å². The fourth-order valence-corrected chi connectivity index (χ4v) is 4.76. The van der Waals surface area contributed by atoms with E-state index in [1.807, 2.05) is 35.2 Å². The Balaban J connectivity index is 1.51. The Kier molecular flexibility index (Phi) is 7.24. The van der Waals surface area contributed by atoms with Crippen molar-refractivity contribution in [2.75, 3.05) is 40.0 Å². The van der Waals surface area contributed by atoms with Gasteiger partial charge in [-0.15, -0.1) is 11.3 Å². The van der Waals surface area contributed by atoms with E-state index in [1.54, 1.807) is 30.6 Å². The molecule has 3 heterocycles. The molecule has 8 heteroatoms. The zero-order chi connectivity index (χ0) is 22.3. The molecule has 0 aliphatic carbocycles. The van der Waals surface area contributed by atoms with E-state index in [0.717, 1.165) is 17.7 Å². The van der Waals surface area contributed by atoms with Crippen LogP contribution in [-0.2, 0) is 16.0 Å². The lowest BCUT2D eigenvalue weighted by molar-refractivity contribution is -0.135. The summed E-state index contributed by atoms with van der Waals surface area (Å²) in [7, 11) is 1.57. The van der Waals surface area contributed by atoms with Gasteiger partial charge in [0.25, 0.3) is 5.91 Å². The molecule has 1 aliphatic heterocycles. The van der Waals surface area contributed by atoms with Crippen molar-refractivity contribution in [3.05, 3.63) is 76.4 Å². The monoisotopic (exact) mass is 454 g/mol. The standard InChI is InChI=1S/C24H26N2O5S/c1-29-14-12-25(24(28)21-8-5-13-30-21)16-23(27)26-11-9-22-19(10-15-32-22)20(26)17-31-18-6-3-2-4-7-18/h2-8,10,13,15,20H,9,11-12,14,16-17H2,1H3/t20-/m0/s1. The summed E-state index contributed by atoms with van der Waals surface area (Å²) in [4.78, 5) is 30.8. The number of thiophene rings is 1. The quantitative estimate of drug-likeness (QED) is 0.494. The molecule has 3 aromatic rings. The lowest BCUT2D eigenvalue weighted by Crippen LogP contribution is -2.48. The highest BCUT2D eigenvalue weighted by Gasteiger charge is 2.33. The Bertz CT molecular complexity index is 1020. The van der Waals surface area contributed by atoms with Crippen LogP contribution in [-0.4, -0.2) is 61.6 Å². The molecule has 1 aliphatic rings. The molecule has 7 nitrogen and oxygen atoms in total. The minimum Gasteiger partial charge on any atom is -0.491 e. The van der Waals surface area contributed by atoms with E-state index in [4.69, 9.17) is 13.9 Å². The Morgan fingerprint density at radius 3 is 2.78 bits per heavy atom. The van der Waals surface area contributed by atoms with Gasteiger partial charge in [0.1, 0.15) is 18.9 Å². The predicted molar refractivity (Wildman–Crippen MR) is 121 cm³/mol. The van der Waals surface area contributed by atoms with E-state index in [0.29, 0.717) is 26.3 Å². The number of benzene rings is 1. The molecular weight excluding hydrogens is 428 g/mol. The molecule has 2 aromatic heterocycles. The smallest absolute Gasteiger partial charge is 0.290 e. The Hall–Kier alpha value is -3.10. The average molecular weight is 455 g/mol. The zero-order valence-corrected chi connectivity index (χ0v) is 18.8. The van der Waals surface area contributed by atoms with E-state index >= 15 is 0 Å². The first-order valence-electron chi connectivity index (χ1n) is 10.5. The van der Waals surface area contributed by atoms with E-state index in [2.05, 4.69) is 11.4 Å². The molecule has 0 unspecified atom stereocenters. The lowest BCUT2D eigenvalue weighted by Gasteiger charge is -2.37. The summed E-state index contributed by atoms with van der Waals surface area (Å²) < 4.78 is 16.4.